The van der Waals surface area contributed by atoms with Crippen LogP contribution in [0.25, 0.3) is 0 Å². The maximum Gasteiger partial charge on any atom is 0.522 e. The topological polar surface area (TPSA) is 83.5 Å². The number of halogens is 3. The van der Waals surface area contributed by atoms with Crippen LogP contribution >= 0.6 is 0 Å². The molecule has 0 saturated heterocycles. The van der Waals surface area contributed by atoms with Gasteiger partial charge in [-0.25, -0.2) is 0 Å². The van der Waals surface area contributed by atoms with Crippen LogP contribution in [0.1, 0.15) is 20.3 Å². The molecule has 0 rings (SSSR count). The molecule has 0 heterocycles. The molecule has 0 saturated carbocycles. The Hall–Kier alpha value is -1.13. The van der Waals surface area contributed by atoms with Crippen LogP contribution in [0.4, 0.5) is 13.2 Å². The Morgan fingerprint density at radius 2 is 1.67 bits per heavy atom. The number of carbonyl (C=O) groups excluding carboxylic acids is 1. The van der Waals surface area contributed by atoms with Gasteiger partial charge in [0.25, 0.3) is 5.91 Å². The van der Waals surface area contributed by atoms with Crippen molar-refractivity contribution in [1.29, 1.82) is 0 Å². The maximum atomic E-state index is 11.3. The highest BCUT2D eigenvalue weighted by Crippen LogP contribution is 2.20. The highest BCUT2D eigenvalue weighted by atomic mass is 32.2. The molecule has 0 fully saturated rings. The van der Waals surface area contributed by atoms with Gasteiger partial charge in [0.1, 0.15) is 0 Å². The zero-order valence-electron chi connectivity index (χ0n) is 12.7. The van der Waals surface area contributed by atoms with Gasteiger partial charge in [-0.15, -0.1) is 0 Å². The first-order chi connectivity index (χ1) is 9.04. The molecule has 10 heteroatoms. The summed E-state index contributed by atoms with van der Waals surface area (Å²) in [7, 11) is 0.347. The molecule has 0 bridgehead atoms. The second-order valence-corrected chi connectivity index (χ2v) is 6.63. The fraction of sp³-hybridized carbons (Fsp3) is 0.727. The van der Waals surface area contributed by atoms with Crippen molar-refractivity contribution >= 4 is 16.0 Å². The number of nitrogens with zero attached hydrogens (tertiary/aromatic N) is 1. The van der Waals surface area contributed by atoms with Gasteiger partial charge in [-0.2, -0.15) is 21.6 Å². The highest BCUT2D eigenvalue weighted by molar-refractivity contribution is 7.86. The molecule has 0 aliphatic heterocycles. The predicted octanol–water partition coefficient (Wildman–Crippen LogP) is 1.52. The number of nitrogens with one attached hydrogen (secondary N) is 1. The minimum atomic E-state index is -5.84. The summed E-state index contributed by atoms with van der Waals surface area (Å²) in [5.41, 5.74) is -4.97. The summed E-state index contributed by atoms with van der Waals surface area (Å²) < 4.78 is 58.3. The number of carbonyl (C=O) groups is 1. The van der Waals surface area contributed by atoms with Gasteiger partial charge in [-0.3, -0.25) is 9.35 Å². The molecular formula is C11H22F3N2O4S+. The van der Waals surface area contributed by atoms with Gasteiger partial charge in [0.2, 0.25) is 0 Å². The smallest absolute Gasteiger partial charge is 0.311 e. The van der Waals surface area contributed by atoms with Crippen molar-refractivity contribution < 1.29 is 35.4 Å². The molecule has 6 nitrogen and oxygen atoms in total. The van der Waals surface area contributed by atoms with Crippen molar-refractivity contribution in [3.05, 3.63) is 12.2 Å². The largest absolute Gasteiger partial charge is 0.522 e. The predicted molar refractivity (Wildman–Crippen MR) is 72.7 cm³/mol. The van der Waals surface area contributed by atoms with E-state index in [1.165, 1.54) is 0 Å². The second-order valence-electron chi connectivity index (χ2n) is 5.21. The van der Waals surface area contributed by atoms with E-state index in [-0.39, 0.29) is 12.1 Å². The van der Waals surface area contributed by atoms with Crippen molar-refractivity contribution in [1.82, 2.24) is 5.32 Å². The Kier molecular flexibility index (Phi) is 8.19. The fourth-order valence-corrected chi connectivity index (χ4v) is 1.12. The zero-order chi connectivity index (χ0) is 17.6. The van der Waals surface area contributed by atoms with Crippen LogP contribution in [-0.4, -0.2) is 56.2 Å². The van der Waals surface area contributed by atoms with E-state index in [1.54, 1.807) is 6.92 Å². The van der Waals surface area contributed by atoms with Gasteiger partial charge in [0, 0.05) is 12.0 Å². The van der Waals surface area contributed by atoms with Gasteiger partial charge >= 0.3 is 15.6 Å². The fourth-order valence-electron chi connectivity index (χ4n) is 1.12. The number of hydrogen-bond donors (Lipinski definition) is 2. The third-order valence-corrected chi connectivity index (χ3v) is 2.88. The number of amides is 1. The Morgan fingerprint density at radius 1 is 1.33 bits per heavy atom. The Morgan fingerprint density at radius 3 is 1.81 bits per heavy atom. The Balaban J connectivity index is 0. The van der Waals surface area contributed by atoms with E-state index in [0.29, 0.717) is 5.57 Å². The summed E-state index contributed by atoms with van der Waals surface area (Å²) in [6, 6.07) is 0. The lowest BCUT2D eigenvalue weighted by molar-refractivity contribution is -0.898. The zero-order valence-corrected chi connectivity index (χ0v) is 13.5. The third-order valence-electron chi connectivity index (χ3n) is 2.30. The van der Waals surface area contributed by atoms with Crippen molar-refractivity contribution in [3.8, 4) is 0 Å². The van der Waals surface area contributed by atoms with E-state index in [4.69, 9.17) is 13.0 Å². The van der Waals surface area contributed by atoms with Crippen LogP contribution < -0.4 is 5.32 Å². The molecule has 1 atom stereocenters. The first-order valence-corrected chi connectivity index (χ1v) is 7.29. The van der Waals surface area contributed by atoms with Gasteiger partial charge in [-0.1, -0.05) is 13.5 Å². The summed E-state index contributed by atoms with van der Waals surface area (Å²) in [6.45, 7) is 7.39. The van der Waals surface area contributed by atoms with Gasteiger partial charge < -0.3 is 9.80 Å². The maximum absolute atomic E-state index is 11.3. The number of rotatable bonds is 4. The molecule has 0 aliphatic rings. The van der Waals surface area contributed by atoms with E-state index in [2.05, 4.69) is 40.0 Å². The summed E-state index contributed by atoms with van der Waals surface area (Å²) in [5, 5.41) is 2.94. The first-order valence-electron chi connectivity index (χ1n) is 5.85. The number of quaternary nitrogens is 1. The molecule has 0 aromatic heterocycles. The Labute approximate surface area is 123 Å². The third kappa shape index (κ3) is 9.43. The van der Waals surface area contributed by atoms with E-state index in [1.807, 2.05) is 0 Å². The molecule has 0 spiro atoms. The number of alkyl halides is 3. The minimum Gasteiger partial charge on any atom is -0.311 e. The average molecular weight is 335 g/mol. The van der Waals surface area contributed by atoms with Crippen molar-refractivity contribution in [3.63, 3.8) is 0 Å². The van der Waals surface area contributed by atoms with Crippen LogP contribution in [0.2, 0.25) is 0 Å². The quantitative estimate of drug-likeness (QED) is 0.268. The molecule has 0 aromatic rings. The van der Waals surface area contributed by atoms with Crippen LogP contribution in [0.15, 0.2) is 12.2 Å². The molecule has 126 valence electrons. The SMILES string of the molecule is C=C(C)C(=O)NC(CC)[N+](C)(C)C.O=S(=O)(O)C(F)(F)F. The van der Waals surface area contributed by atoms with Crippen molar-refractivity contribution in [2.24, 2.45) is 0 Å². The molecule has 1 unspecified atom stereocenters. The van der Waals surface area contributed by atoms with E-state index >= 15 is 0 Å². The molecule has 1 amide bonds. The molecule has 0 radical (unpaired) electrons. The van der Waals surface area contributed by atoms with E-state index in [0.717, 1.165) is 10.9 Å². The molecule has 0 aliphatic carbocycles. The summed E-state index contributed by atoms with van der Waals surface area (Å²) in [4.78, 5) is 11.3. The minimum absolute atomic E-state index is 0.0556. The summed E-state index contributed by atoms with van der Waals surface area (Å²) >= 11 is 0. The normalized spacial score (nSPS) is 13.8. The monoisotopic (exact) mass is 335 g/mol. The van der Waals surface area contributed by atoms with Crippen LogP contribution in [0.3, 0.4) is 0 Å². The Bertz CT molecular complexity index is 467. The molecule has 2 N–H and O–H groups in total. The van der Waals surface area contributed by atoms with Gasteiger partial charge in [0.15, 0.2) is 6.17 Å². The highest BCUT2D eigenvalue weighted by Gasteiger charge is 2.44. The first kappa shape index (κ1) is 22.2. The van der Waals surface area contributed by atoms with Crippen molar-refractivity contribution in [2.45, 2.75) is 31.9 Å². The van der Waals surface area contributed by atoms with Crippen molar-refractivity contribution in [2.75, 3.05) is 21.1 Å². The average Bonchev–Trinajstić information content (AvgIpc) is 2.21. The number of hydrogen-bond acceptors (Lipinski definition) is 3. The molecular weight excluding hydrogens is 313 g/mol. The van der Waals surface area contributed by atoms with Crippen LogP contribution in [0.5, 0.6) is 0 Å². The molecule has 0 aromatic carbocycles. The van der Waals surface area contributed by atoms with E-state index < -0.39 is 15.6 Å². The lowest BCUT2D eigenvalue weighted by atomic mass is 10.2. The lowest BCUT2D eigenvalue weighted by Crippen LogP contribution is -2.54. The second kappa shape index (κ2) is 7.76. The van der Waals surface area contributed by atoms with Crippen LogP contribution in [0, 0.1) is 0 Å². The standard InChI is InChI=1S/C10H20N2O.CHF3O3S/c1-7-9(12(4,5)6)11-10(13)8(2)3;2-1(3,4)8(5,6)7/h9H,2,7H2,1,3-6H3;(H,5,6,7)/p+1. The van der Waals surface area contributed by atoms with Crippen LogP contribution in [-0.2, 0) is 14.9 Å². The van der Waals surface area contributed by atoms with E-state index in [9.17, 15) is 18.0 Å². The summed E-state index contributed by atoms with van der Waals surface area (Å²) in [6.07, 6.45) is 1.08. The molecule has 21 heavy (non-hydrogen) atoms. The summed E-state index contributed by atoms with van der Waals surface area (Å²) in [5.74, 6) is -0.0556. The van der Waals surface area contributed by atoms with Gasteiger partial charge in [-0.05, 0) is 6.92 Å². The van der Waals surface area contributed by atoms with Gasteiger partial charge in [0.05, 0.1) is 21.1 Å². The lowest BCUT2D eigenvalue weighted by Gasteiger charge is -2.33.